The molecule has 2 heterocycles. The smallest absolute Gasteiger partial charge is 0.269 e. The van der Waals surface area contributed by atoms with E-state index in [1.54, 1.807) is 12.3 Å². The van der Waals surface area contributed by atoms with Gasteiger partial charge in [0.2, 0.25) is 0 Å². The van der Waals surface area contributed by atoms with Crippen LogP contribution in [0.1, 0.15) is 16.1 Å². The number of hydrogen-bond acceptors (Lipinski definition) is 3. The van der Waals surface area contributed by atoms with E-state index in [9.17, 15) is 9.18 Å². The van der Waals surface area contributed by atoms with Gasteiger partial charge in [0.15, 0.2) is 11.5 Å². The first-order valence-electron chi connectivity index (χ1n) is 5.97. The fourth-order valence-electron chi connectivity index (χ4n) is 2.08. The minimum atomic E-state index is -0.659. The Bertz CT molecular complexity index is 825. The van der Waals surface area contributed by atoms with Crippen molar-refractivity contribution in [2.75, 3.05) is 0 Å². The quantitative estimate of drug-likeness (QED) is 0.773. The summed E-state index contributed by atoms with van der Waals surface area (Å²) in [5.41, 5.74) is 6.85. The van der Waals surface area contributed by atoms with E-state index in [0.717, 1.165) is 5.56 Å². The molecule has 5 nitrogen and oxygen atoms in total. The number of benzene rings is 1. The number of carbonyl (C=O) groups is 1. The number of hydrogen-bond donors (Lipinski definition) is 1. The molecule has 6 heteroatoms. The molecule has 0 spiro atoms. The lowest BCUT2D eigenvalue weighted by molar-refractivity contribution is 0.0996. The molecule has 3 aromatic rings. The van der Waals surface area contributed by atoms with Crippen LogP contribution in [0.15, 0.2) is 36.5 Å². The Morgan fingerprint density at radius 2 is 2.10 bits per heavy atom. The van der Waals surface area contributed by atoms with E-state index in [-0.39, 0.29) is 5.69 Å². The number of pyridine rings is 1. The van der Waals surface area contributed by atoms with Gasteiger partial charge in [-0.15, -0.1) is 0 Å². The predicted octanol–water partition coefficient (Wildman–Crippen LogP) is 1.97. The first kappa shape index (κ1) is 12.3. The largest absolute Gasteiger partial charge is 0.364 e. The maximum Gasteiger partial charge on any atom is 0.269 e. The van der Waals surface area contributed by atoms with Crippen LogP contribution in [0, 0.1) is 12.7 Å². The summed E-state index contributed by atoms with van der Waals surface area (Å²) < 4.78 is 14.9. The Labute approximate surface area is 113 Å². The van der Waals surface area contributed by atoms with Gasteiger partial charge in [0.25, 0.3) is 5.91 Å². The number of halogens is 1. The third-order valence-electron chi connectivity index (χ3n) is 2.99. The normalized spacial score (nSPS) is 10.9. The van der Waals surface area contributed by atoms with Gasteiger partial charge in [-0.25, -0.2) is 14.1 Å². The van der Waals surface area contributed by atoms with Crippen LogP contribution in [-0.4, -0.2) is 20.7 Å². The molecule has 0 fully saturated rings. The Morgan fingerprint density at radius 1 is 1.30 bits per heavy atom. The van der Waals surface area contributed by atoms with Gasteiger partial charge in [-0.2, -0.15) is 5.10 Å². The number of amides is 1. The van der Waals surface area contributed by atoms with E-state index in [1.807, 2.05) is 13.0 Å². The zero-order valence-electron chi connectivity index (χ0n) is 10.7. The maximum atomic E-state index is 13.4. The van der Waals surface area contributed by atoms with E-state index in [4.69, 9.17) is 5.73 Å². The van der Waals surface area contributed by atoms with Crippen molar-refractivity contribution in [2.24, 2.45) is 5.73 Å². The van der Waals surface area contributed by atoms with Crippen LogP contribution in [0.4, 0.5) is 4.39 Å². The zero-order valence-corrected chi connectivity index (χ0v) is 10.7. The molecular formula is C14H11FN4O. The van der Waals surface area contributed by atoms with E-state index in [0.29, 0.717) is 16.7 Å². The summed E-state index contributed by atoms with van der Waals surface area (Å²) in [6.45, 7) is 1.91. The van der Waals surface area contributed by atoms with Crippen LogP contribution in [0.3, 0.4) is 0 Å². The first-order chi connectivity index (χ1) is 9.56. The van der Waals surface area contributed by atoms with Gasteiger partial charge in [-0.05, 0) is 36.8 Å². The average Bonchev–Trinajstić information content (AvgIpc) is 2.77. The second-order valence-electron chi connectivity index (χ2n) is 4.48. The SMILES string of the molecule is Cc1ccnc(-n2nc(C(N)=O)c3ccc(F)cc32)c1. The van der Waals surface area contributed by atoms with Crippen molar-refractivity contribution in [3.8, 4) is 5.82 Å². The summed E-state index contributed by atoms with van der Waals surface area (Å²) in [4.78, 5) is 15.6. The third-order valence-corrected chi connectivity index (χ3v) is 2.99. The Balaban J connectivity index is 2.35. The van der Waals surface area contributed by atoms with Gasteiger partial charge in [0.05, 0.1) is 5.52 Å². The summed E-state index contributed by atoms with van der Waals surface area (Å²) in [7, 11) is 0. The molecule has 1 amide bonds. The number of primary amides is 1. The number of nitrogens with two attached hydrogens (primary N) is 1. The number of fused-ring (bicyclic) bond motifs is 1. The summed E-state index contributed by atoms with van der Waals surface area (Å²) in [5.74, 6) is -0.566. The molecule has 0 aliphatic heterocycles. The van der Waals surface area contributed by atoms with E-state index >= 15 is 0 Å². The number of aromatic nitrogens is 3. The molecule has 0 aliphatic carbocycles. The number of nitrogens with zero attached hydrogens (tertiary/aromatic N) is 3. The Morgan fingerprint density at radius 3 is 2.80 bits per heavy atom. The Hall–Kier alpha value is -2.76. The topological polar surface area (TPSA) is 73.8 Å². The lowest BCUT2D eigenvalue weighted by atomic mass is 10.2. The summed E-state index contributed by atoms with van der Waals surface area (Å²) in [6.07, 6.45) is 1.63. The van der Waals surface area contributed by atoms with Crippen molar-refractivity contribution >= 4 is 16.8 Å². The molecule has 0 radical (unpaired) electrons. The summed E-state index contributed by atoms with van der Waals surface area (Å²) >= 11 is 0. The lowest BCUT2D eigenvalue weighted by Gasteiger charge is -2.03. The van der Waals surface area contributed by atoms with Crippen molar-refractivity contribution in [2.45, 2.75) is 6.92 Å². The highest BCUT2D eigenvalue weighted by Gasteiger charge is 2.16. The standard InChI is InChI=1S/C14H11FN4O/c1-8-4-5-17-12(6-8)19-11-7-9(15)2-3-10(11)13(18-19)14(16)20/h2-7H,1H3,(H2,16,20). The van der Waals surface area contributed by atoms with Crippen LogP contribution in [0.2, 0.25) is 0 Å². The first-order valence-corrected chi connectivity index (χ1v) is 5.97. The van der Waals surface area contributed by atoms with E-state index in [1.165, 1.54) is 22.9 Å². The second-order valence-corrected chi connectivity index (χ2v) is 4.48. The van der Waals surface area contributed by atoms with Crippen LogP contribution < -0.4 is 5.73 Å². The number of carbonyl (C=O) groups excluding carboxylic acids is 1. The third kappa shape index (κ3) is 1.91. The van der Waals surface area contributed by atoms with Gasteiger partial charge in [0.1, 0.15) is 5.82 Å². The molecule has 0 atom stereocenters. The highest BCUT2D eigenvalue weighted by Crippen LogP contribution is 2.22. The fourth-order valence-corrected chi connectivity index (χ4v) is 2.08. The van der Waals surface area contributed by atoms with Crippen molar-refractivity contribution in [3.05, 3.63) is 53.6 Å². The molecule has 0 saturated heterocycles. The Kier molecular flexibility index (Phi) is 2.71. The van der Waals surface area contributed by atoms with Crippen LogP contribution in [-0.2, 0) is 0 Å². The molecular weight excluding hydrogens is 259 g/mol. The molecule has 0 unspecified atom stereocenters. The number of aryl methyl sites for hydroxylation is 1. The van der Waals surface area contributed by atoms with Crippen molar-refractivity contribution < 1.29 is 9.18 Å². The highest BCUT2D eigenvalue weighted by atomic mass is 19.1. The van der Waals surface area contributed by atoms with Gasteiger partial charge in [-0.1, -0.05) is 0 Å². The fraction of sp³-hybridized carbons (Fsp3) is 0.0714. The van der Waals surface area contributed by atoms with Crippen LogP contribution in [0.5, 0.6) is 0 Å². The summed E-state index contributed by atoms with van der Waals surface area (Å²) in [6, 6.07) is 7.69. The van der Waals surface area contributed by atoms with Crippen molar-refractivity contribution in [3.63, 3.8) is 0 Å². The summed E-state index contributed by atoms with van der Waals surface area (Å²) in [5, 5.41) is 4.66. The molecule has 2 N–H and O–H groups in total. The highest BCUT2D eigenvalue weighted by molar-refractivity contribution is 6.04. The maximum absolute atomic E-state index is 13.4. The van der Waals surface area contributed by atoms with E-state index in [2.05, 4.69) is 10.1 Å². The van der Waals surface area contributed by atoms with Crippen molar-refractivity contribution in [1.29, 1.82) is 0 Å². The minimum absolute atomic E-state index is 0.100. The van der Waals surface area contributed by atoms with Crippen LogP contribution in [0.25, 0.3) is 16.7 Å². The molecule has 2 aromatic heterocycles. The molecule has 0 saturated carbocycles. The molecule has 20 heavy (non-hydrogen) atoms. The van der Waals surface area contributed by atoms with Gasteiger partial charge >= 0.3 is 0 Å². The predicted molar refractivity (Wildman–Crippen MR) is 72.1 cm³/mol. The van der Waals surface area contributed by atoms with Gasteiger partial charge in [0, 0.05) is 17.6 Å². The molecule has 100 valence electrons. The zero-order chi connectivity index (χ0) is 14.3. The molecule has 3 rings (SSSR count). The second kappa shape index (κ2) is 4.41. The average molecular weight is 270 g/mol. The molecule has 1 aromatic carbocycles. The number of rotatable bonds is 2. The minimum Gasteiger partial charge on any atom is -0.364 e. The van der Waals surface area contributed by atoms with E-state index < -0.39 is 11.7 Å². The van der Waals surface area contributed by atoms with Crippen LogP contribution >= 0.6 is 0 Å². The molecule has 0 aliphatic rings. The van der Waals surface area contributed by atoms with Gasteiger partial charge in [-0.3, -0.25) is 4.79 Å². The lowest BCUT2D eigenvalue weighted by Crippen LogP contribution is -2.12. The molecule has 0 bridgehead atoms. The van der Waals surface area contributed by atoms with Gasteiger partial charge < -0.3 is 5.73 Å². The van der Waals surface area contributed by atoms with Crippen molar-refractivity contribution in [1.82, 2.24) is 14.8 Å². The monoisotopic (exact) mass is 270 g/mol.